The van der Waals surface area contributed by atoms with E-state index in [0.717, 1.165) is 0 Å². The fourth-order valence-electron chi connectivity index (χ4n) is 0.294. The first-order chi connectivity index (χ1) is 3.77. The minimum atomic E-state index is -0.833. The standard InChI is InChI=1S/C4H10N2O2/c1-5-3-6-2-4(7)8/h5-6H,2-3H2,1H3,(H,7,8). The normalized spacial score (nSPS) is 9.12. The summed E-state index contributed by atoms with van der Waals surface area (Å²) in [6.45, 7) is 0.549. The maximum absolute atomic E-state index is 9.78. The molecule has 0 saturated heterocycles. The van der Waals surface area contributed by atoms with Gasteiger partial charge in [0, 0.05) is 6.67 Å². The molecule has 0 aliphatic carbocycles. The van der Waals surface area contributed by atoms with Gasteiger partial charge < -0.3 is 10.4 Å². The highest BCUT2D eigenvalue weighted by Crippen LogP contribution is 1.55. The van der Waals surface area contributed by atoms with Crippen molar-refractivity contribution in [2.75, 3.05) is 20.3 Å². The van der Waals surface area contributed by atoms with Crippen LogP contribution in [0.1, 0.15) is 0 Å². The van der Waals surface area contributed by atoms with E-state index in [0.29, 0.717) is 6.67 Å². The number of aliphatic carboxylic acids is 1. The van der Waals surface area contributed by atoms with Crippen molar-refractivity contribution in [1.82, 2.24) is 10.6 Å². The Kier molecular flexibility index (Phi) is 4.20. The SMILES string of the molecule is CNCNCC(=O)O. The zero-order valence-electron chi connectivity index (χ0n) is 4.77. The van der Waals surface area contributed by atoms with Crippen molar-refractivity contribution >= 4 is 5.97 Å². The van der Waals surface area contributed by atoms with Gasteiger partial charge in [-0.1, -0.05) is 0 Å². The summed E-state index contributed by atoms with van der Waals surface area (Å²) in [7, 11) is 1.74. The van der Waals surface area contributed by atoms with E-state index < -0.39 is 5.97 Å². The van der Waals surface area contributed by atoms with Gasteiger partial charge in [-0.2, -0.15) is 0 Å². The van der Waals surface area contributed by atoms with Gasteiger partial charge in [0.1, 0.15) is 0 Å². The Labute approximate surface area is 47.9 Å². The molecule has 3 N–H and O–H groups in total. The Balaban J connectivity index is 2.82. The lowest BCUT2D eigenvalue weighted by atomic mass is 10.7. The summed E-state index contributed by atoms with van der Waals surface area (Å²) >= 11 is 0. The van der Waals surface area contributed by atoms with Crippen molar-refractivity contribution in [1.29, 1.82) is 0 Å². The predicted molar refractivity (Wildman–Crippen MR) is 29.6 cm³/mol. The third kappa shape index (κ3) is 5.39. The van der Waals surface area contributed by atoms with Gasteiger partial charge in [-0.3, -0.25) is 10.1 Å². The molecular formula is C4H10N2O2. The molecule has 0 aliphatic heterocycles. The van der Waals surface area contributed by atoms with Crippen molar-refractivity contribution in [2.24, 2.45) is 0 Å². The van der Waals surface area contributed by atoms with Gasteiger partial charge in [0.15, 0.2) is 0 Å². The largest absolute Gasteiger partial charge is 0.480 e. The summed E-state index contributed by atoms with van der Waals surface area (Å²) in [5.41, 5.74) is 0. The van der Waals surface area contributed by atoms with Gasteiger partial charge in [0.25, 0.3) is 0 Å². The Hall–Kier alpha value is -0.610. The van der Waals surface area contributed by atoms with Crippen molar-refractivity contribution < 1.29 is 9.90 Å². The molecule has 0 atom stereocenters. The average molecular weight is 118 g/mol. The second-order valence-electron chi connectivity index (χ2n) is 1.35. The molecule has 0 aliphatic rings. The van der Waals surface area contributed by atoms with Crippen LogP contribution in [0.2, 0.25) is 0 Å². The lowest BCUT2D eigenvalue weighted by Gasteiger charge is -1.96. The van der Waals surface area contributed by atoms with Crippen LogP contribution in [0.3, 0.4) is 0 Å². The van der Waals surface area contributed by atoms with Gasteiger partial charge in [-0.15, -0.1) is 0 Å². The number of carboxylic acids is 1. The average Bonchev–Trinajstić information content (AvgIpc) is 1.66. The Morgan fingerprint density at radius 1 is 1.75 bits per heavy atom. The molecule has 0 aromatic carbocycles. The van der Waals surface area contributed by atoms with E-state index in [1.54, 1.807) is 7.05 Å². The summed E-state index contributed by atoms with van der Waals surface area (Å²) in [6.07, 6.45) is 0. The maximum Gasteiger partial charge on any atom is 0.317 e. The molecule has 0 rings (SSSR count). The van der Waals surface area contributed by atoms with Crippen LogP contribution in [0.5, 0.6) is 0 Å². The molecule has 0 unspecified atom stereocenters. The molecule has 0 bridgehead atoms. The topological polar surface area (TPSA) is 61.4 Å². The quantitative estimate of drug-likeness (QED) is 0.322. The zero-order chi connectivity index (χ0) is 6.41. The van der Waals surface area contributed by atoms with E-state index in [9.17, 15) is 4.79 Å². The molecule has 0 aromatic rings. The molecule has 0 aromatic heterocycles. The molecule has 0 fully saturated rings. The van der Waals surface area contributed by atoms with Crippen molar-refractivity contribution in [3.63, 3.8) is 0 Å². The van der Waals surface area contributed by atoms with Crippen molar-refractivity contribution in [3.05, 3.63) is 0 Å². The van der Waals surface area contributed by atoms with Crippen LogP contribution in [0.4, 0.5) is 0 Å². The first-order valence-corrected chi connectivity index (χ1v) is 2.34. The molecule has 8 heavy (non-hydrogen) atoms. The molecule has 4 nitrogen and oxygen atoms in total. The van der Waals surface area contributed by atoms with E-state index in [1.807, 2.05) is 0 Å². The molecule has 4 heteroatoms. The van der Waals surface area contributed by atoms with Crippen LogP contribution in [0, 0.1) is 0 Å². The molecule has 0 spiro atoms. The number of hydrogen-bond donors (Lipinski definition) is 3. The van der Waals surface area contributed by atoms with Gasteiger partial charge in [-0.25, -0.2) is 0 Å². The summed E-state index contributed by atoms with van der Waals surface area (Å²) in [4.78, 5) is 9.78. The molecule has 0 heterocycles. The fourth-order valence-corrected chi connectivity index (χ4v) is 0.294. The Morgan fingerprint density at radius 3 is 2.75 bits per heavy atom. The molecule has 0 radical (unpaired) electrons. The van der Waals surface area contributed by atoms with Crippen LogP contribution in [0.25, 0.3) is 0 Å². The highest BCUT2D eigenvalue weighted by Gasteiger charge is 1.90. The molecule has 48 valence electrons. The molecule has 0 saturated carbocycles. The van der Waals surface area contributed by atoms with Gasteiger partial charge in [-0.05, 0) is 7.05 Å². The second-order valence-corrected chi connectivity index (χ2v) is 1.35. The fraction of sp³-hybridized carbons (Fsp3) is 0.750. The zero-order valence-corrected chi connectivity index (χ0v) is 4.77. The maximum atomic E-state index is 9.78. The van der Waals surface area contributed by atoms with E-state index in [1.165, 1.54) is 0 Å². The smallest absolute Gasteiger partial charge is 0.317 e. The monoisotopic (exact) mass is 118 g/mol. The van der Waals surface area contributed by atoms with E-state index in [4.69, 9.17) is 5.11 Å². The van der Waals surface area contributed by atoms with Crippen molar-refractivity contribution in [3.8, 4) is 0 Å². The third-order valence-electron chi connectivity index (χ3n) is 0.578. The van der Waals surface area contributed by atoms with Crippen molar-refractivity contribution in [2.45, 2.75) is 0 Å². The van der Waals surface area contributed by atoms with E-state index in [-0.39, 0.29) is 6.54 Å². The van der Waals surface area contributed by atoms with Crippen LogP contribution in [-0.2, 0) is 4.79 Å². The number of carboxylic acid groups (broad SMARTS) is 1. The first-order valence-electron chi connectivity index (χ1n) is 2.34. The lowest BCUT2D eigenvalue weighted by Crippen LogP contribution is -2.30. The minimum Gasteiger partial charge on any atom is -0.480 e. The van der Waals surface area contributed by atoms with Crippen LogP contribution in [-0.4, -0.2) is 31.3 Å². The van der Waals surface area contributed by atoms with E-state index >= 15 is 0 Å². The number of nitrogens with one attached hydrogen (secondary N) is 2. The number of hydrogen-bond acceptors (Lipinski definition) is 3. The predicted octanol–water partition coefficient (Wildman–Crippen LogP) is -1.16. The van der Waals surface area contributed by atoms with E-state index in [2.05, 4.69) is 10.6 Å². The molecular weight excluding hydrogens is 108 g/mol. The minimum absolute atomic E-state index is 0.0147. The van der Waals surface area contributed by atoms with Gasteiger partial charge >= 0.3 is 5.97 Å². The highest BCUT2D eigenvalue weighted by molar-refractivity contribution is 5.68. The lowest BCUT2D eigenvalue weighted by molar-refractivity contribution is -0.135. The van der Waals surface area contributed by atoms with Crippen LogP contribution < -0.4 is 10.6 Å². The van der Waals surface area contributed by atoms with Crippen LogP contribution >= 0.6 is 0 Å². The van der Waals surface area contributed by atoms with Crippen LogP contribution in [0.15, 0.2) is 0 Å². The molecule has 0 amide bonds. The second kappa shape index (κ2) is 4.55. The number of rotatable bonds is 4. The summed E-state index contributed by atoms with van der Waals surface area (Å²) in [6, 6.07) is 0. The third-order valence-corrected chi connectivity index (χ3v) is 0.578. The number of carbonyl (C=O) groups is 1. The summed E-state index contributed by atoms with van der Waals surface area (Å²) < 4.78 is 0. The van der Waals surface area contributed by atoms with Gasteiger partial charge in [0.2, 0.25) is 0 Å². The highest BCUT2D eigenvalue weighted by atomic mass is 16.4. The summed E-state index contributed by atoms with van der Waals surface area (Å²) in [5.74, 6) is -0.833. The summed E-state index contributed by atoms with van der Waals surface area (Å²) in [5, 5.41) is 13.4. The Morgan fingerprint density at radius 2 is 2.38 bits per heavy atom. The van der Waals surface area contributed by atoms with Gasteiger partial charge in [0.05, 0.1) is 6.54 Å². The first kappa shape index (κ1) is 7.39. The Bertz CT molecular complexity index is 74.4.